The highest BCUT2D eigenvalue weighted by Crippen LogP contribution is 2.41. The number of nitrogens with one attached hydrogen (secondary N) is 1. The quantitative estimate of drug-likeness (QED) is 0.768. The van der Waals surface area contributed by atoms with Gasteiger partial charge in [-0.05, 0) is 57.7 Å². The van der Waals surface area contributed by atoms with Gasteiger partial charge in [-0.1, -0.05) is 27.7 Å². The smallest absolute Gasteiger partial charge is 0.0204 e. The lowest BCUT2D eigenvalue weighted by molar-refractivity contribution is 0.165. The van der Waals surface area contributed by atoms with E-state index in [9.17, 15) is 0 Å². The molecule has 0 bridgehead atoms. The zero-order valence-corrected chi connectivity index (χ0v) is 15.4. The summed E-state index contributed by atoms with van der Waals surface area (Å²) >= 11 is 2.20. The van der Waals surface area contributed by atoms with Crippen LogP contribution >= 0.6 is 11.8 Å². The molecule has 0 aromatic carbocycles. The summed E-state index contributed by atoms with van der Waals surface area (Å²) in [7, 11) is 4.35. The molecule has 1 aliphatic carbocycles. The molecule has 1 fully saturated rings. The van der Waals surface area contributed by atoms with E-state index in [1.165, 1.54) is 44.5 Å². The van der Waals surface area contributed by atoms with Crippen molar-refractivity contribution in [1.82, 2.24) is 10.2 Å². The van der Waals surface area contributed by atoms with E-state index in [2.05, 4.69) is 63.8 Å². The van der Waals surface area contributed by atoms with Gasteiger partial charge in [-0.3, -0.25) is 0 Å². The maximum atomic E-state index is 3.80. The Morgan fingerprint density at radius 1 is 1.20 bits per heavy atom. The van der Waals surface area contributed by atoms with Gasteiger partial charge in [-0.15, -0.1) is 0 Å². The summed E-state index contributed by atoms with van der Waals surface area (Å²) in [6, 6.07) is 0.737. The predicted molar refractivity (Wildman–Crippen MR) is 93.7 cm³/mol. The van der Waals surface area contributed by atoms with Gasteiger partial charge < -0.3 is 10.2 Å². The Balaban J connectivity index is 2.53. The third kappa shape index (κ3) is 6.36. The topological polar surface area (TPSA) is 15.3 Å². The average Bonchev–Trinajstić information content (AvgIpc) is 2.35. The van der Waals surface area contributed by atoms with Crippen LogP contribution in [0.3, 0.4) is 0 Å². The van der Waals surface area contributed by atoms with Crippen LogP contribution in [0.4, 0.5) is 0 Å². The minimum absolute atomic E-state index is 0.468. The molecule has 120 valence electrons. The molecule has 20 heavy (non-hydrogen) atoms. The van der Waals surface area contributed by atoms with Crippen LogP contribution < -0.4 is 5.32 Å². The average molecular weight is 301 g/mol. The van der Waals surface area contributed by atoms with Gasteiger partial charge in [0.1, 0.15) is 0 Å². The third-order valence-electron chi connectivity index (χ3n) is 4.54. The van der Waals surface area contributed by atoms with E-state index in [1.54, 1.807) is 0 Å². The Morgan fingerprint density at radius 2 is 1.90 bits per heavy atom. The van der Waals surface area contributed by atoms with Gasteiger partial charge >= 0.3 is 0 Å². The summed E-state index contributed by atoms with van der Waals surface area (Å²) < 4.78 is 0. The highest BCUT2D eigenvalue weighted by molar-refractivity contribution is 8.00. The molecule has 3 heteroatoms. The molecule has 2 nitrogen and oxygen atoms in total. The van der Waals surface area contributed by atoms with Gasteiger partial charge in [-0.2, -0.15) is 11.8 Å². The fourth-order valence-electron chi connectivity index (χ4n) is 3.05. The molecule has 0 radical (unpaired) electrons. The van der Waals surface area contributed by atoms with Crippen LogP contribution in [0.15, 0.2) is 0 Å². The van der Waals surface area contributed by atoms with Gasteiger partial charge in [0.25, 0.3) is 0 Å². The first-order chi connectivity index (χ1) is 9.34. The molecule has 0 aliphatic heterocycles. The van der Waals surface area contributed by atoms with Crippen LogP contribution in [0.2, 0.25) is 0 Å². The minimum Gasteiger partial charge on any atom is -0.313 e. The van der Waals surface area contributed by atoms with Crippen LogP contribution in [-0.2, 0) is 0 Å². The Hall–Kier alpha value is 0.270. The largest absolute Gasteiger partial charge is 0.313 e. The number of hydrogen-bond donors (Lipinski definition) is 1. The van der Waals surface area contributed by atoms with E-state index >= 15 is 0 Å². The molecule has 1 rings (SSSR count). The Kier molecular flexibility index (Phi) is 7.92. The maximum Gasteiger partial charge on any atom is 0.0204 e. The summed E-state index contributed by atoms with van der Waals surface area (Å²) in [6.45, 7) is 11.9. The summed E-state index contributed by atoms with van der Waals surface area (Å²) in [5, 5.41) is 4.60. The molecule has 0 aromatic heterocycles. The molecule has 1 aliphatic rings. The zero-order chi connectivity index (χ0) is 15.2. The van der Waals surface area contributed by atoms with Gasteiger partial charge in [0, 0.05) is 23.6 Å². The zero-order valence-electron chi connectivity index (χ0n) is 14.5. The monoisotopic (exact) mass is 300 g/mol. The maximum absolute atomic E-state index is 3.80. The van der Waals surface area contributed by atoms with E-state index in [1.807, 2.05) is 0 Å². The minimum atomic E-state index is 0.468. The van der Waals surface area contributed by atoms with Crippen LogP contribution in [0, 0.1) is 11.3 Å². The Morgan fingerprint density at radius 3 is 2.45 bits per heavy atom. The van der Waals surface area contributed by atoms with Crippen molar-refractivity contribution >= 4 is 11.8 Å². The number of thioether (sulfide) groups is 1. The van der Waals surface area contributed by atoms with Crippen LogP contribution in [0.5, 0.6) is 0 Å². The van der Waals surface area contributed by atoms with Crippen molar-refractivity contribution in [1.29, 1.82) is 0 Å². The first kappa shape index (κ1) is 18.3. The van der Waals surface area contributed by atoms with E-state index in [-0.39, 0.29) is 0 Å². The fourth-order valence-corrected chi connectivity index (χ4v) is 4.66. The molecular formula is C17H36N2S. The van der Waals surface area contributed by atoms with Crippen molar-refractivity contribution in [3.8, 4) is 0 Å². The van der Waals surface area contributed by atoms with Gasteiger partial charge in [0.15, 0.2) is 0 Å². The van der Waals surface area contributed by atoms with Crippen LogP contribution in [0.1, 0.15) is 53.4 Å². The second kappa shape index (κ2) is 8.65. The summed E-state index contributed by atoms with van der Waals surface area (Å²) in [5.41, 5.74) is 0.468. The molecule has 1 saturated carbocycles. The molecule has 0 heterocycles. The molecular weight excluding hydrogens is 264 g/mol. The van der Waals surface area contributed by atoms with Crippen molar-refractivity contribution in [2.45, 2.75) is 64.7 Å². The molecule has 0 amide bonds. The molecule has 3 unspecified atom stereocenters. The number of rotatable bonds is 7. The summed E-state index contributed by atoms with van der Waals surface area (Å²) in [6.07, 6.45) is 5.40. The van der Waals surface area contributed by atoms with E-state index in [4.69, 9.17) is 0 Å². The second-order valence-corrected chi connectivity index (χ2v) is 9.00. The summed E-state index contributed by atoms with van der Waals surface area (Å²) in [4.78, 5) is 2.30. The van der Waals surface area contributed by atoms with Crippen LogP contribution in [0.25, 0.3) is 0 Å². The third-order valence-corrected chi connectivity index (χ3v) is 5.91. The lowest BCUT2D eigenvalue weighted by Gasteiger charge is -2.42. The standard InChI is InChI=1S/C17H36N2S/c1-7-10-18-15-9-8-14(17(2,3)4)13-16(15)20-12-11-19(5)6/h14-16,18H,7-13H2,1-6H3. The fraction of sp³-hybridized carbons (Fsp3) is 1.00. The van der Waals surface area contributed by atoms with Gasteiger partial charge in [-0.25, -0.2) is 0 Å². The van der Waals surface area contributed by atoms with E-state index < -0.39 is 0 Å². The normalized spacial score (nSPS) is 28.1. The Bertz CT molecular complexity index is 260. The first-order valence-electron chi connectivity index (χ1n) is 8.34. The molecule has 3 atom stereocenters. The first-order valence-corrected chi connectivity index (χ1v) is 9.39. The van der Waals surface area contributed by atoms with Crippen molar-refractivity contribution in [3.05, 3.63) is 0 Å². The van der Waals surface area contributed by atoms with Crippen LogP contribution in [-0.4, -0.2) is 49.1 Å². The Labute approximate surface area is 131 Å². The van der Waals surface area contributed by atoms with Crippen molar-refractivity contribution < 1.29 is 0 Å². The summed E-state index contributed by atoms with van der Waals surface area (Å²) in [5.74, 6) is 2.15. The SMILES string of the molecule is CCCNC1CCC(C(C)(C)C)CC1SCCN(C)C. The predicted octanol–water partition coefficient (Wildman–Crippen LogP) is 3.86. The lowest BCUT2D eigenvalue weighted by atomic mass is 9.71. The van der Waals surface area contributed by atoms with Crippen molar-refractivity contribution in [2.24, 2.45) is 11.3 Å². The van der Waals surface area contributed by atoms with E-state index in [0.717, 1.165) is 17.2 Å². The molecule has 1 N–H and O–H groups in total. The second-order valence-electron chi connectivity index (χ2n) is 7.65. The van der Waals surface area contributed by atoms with E-state index in [0.29, 0.717) is 5.41 Å². The molecule has 0 saturated heterocycles. The lowest BCUT2D eigenvalue weighted by Crippen LogP contribution is -2.45. The molecule has 0 aromatic rings. The number of hydrogen-bond acceptors (Lipinski definition) is 3. The van der Waals surface area contributed by atoms with Gasteiger partial charge in [0.2, 0.25) is 0 Å². The molecule has 0 spiro atoms. The number of nitrogens with zero attached hydrogens (tertiary/aromatic N) is 1. The highest BCUT2D eigenvalue weighted by Gasteiger charge is 2.35. The van der Waals surface area contributed by atoms with Crippen molar-refractivity contribution in [2.75, 3.05) is 32.9 Å². The van der Waals surface area contributed by atoms with Crippen molar-refractivity contribution in [3.63, 3.8) is 0 Å². The van der Waals surface area contributed by atoms with Gasteiger partial charge in [0.05, 0.1) is 0 Å². The highest BCUT2D eigenvalue weighted by atomic mass is 32.2.